The Hall–Kier alpha value is -0.910. The van der Waals surface area contributed by atoms with E-state index in [1.807, 2.05) is 4.90 Å². The van der Waals surface area contributed by atoms with Gasteiger partial charge in [0.2, 0.25) is 5.91 Å². The Morgan fingerprint density at radius 2 is 1.76 bits per heavy atom. The summed E-state index contributed by atoms with van der Waals surface area (Å²) in [6.07, 6.45) is 6.59. The molecule has 5 nitrogen and oxygen atoms in total. The van der Waals surface area contributed by atoms with E-state index in [0.717, 1.165) is 38.8 Å². The van der Waals surface area contributed by atoms with Crippen LogP contribution in [0.1, 0.15) is 44.9 Å². The molecule has 120 valence electrons. The third-order valence-electron chi connectivity index (χ3n) is 4.41. The van der Waals surface area contributed by atoms with Crippen LogP contribution >= 0.6 is 0 Å². The van der Waals surface area contributed by atoms with Crippen molar-refractivity contribution in [2.24, 2.45) is 5.41 Å². The fraction of sp³-hybridized carbons (Fsp3) is 0.867. The number of rotatable bonds is 6. The van der Waals surface area contributed by atoms with Crippen LogP contribution in [-0.2, 0) is 25.1 Å². The summed E-state index contributed by atoms with van der Waals surface area (Å²) in [5.74, 6) is 0.303. The number of ether oxygens (including phenoxy) is 1. The fourth-order valence-corrected chi connectivity index (χ4v) is 4.50. The summed E-state index contributed by atoms with van der Waals surface area (Å²) in [6.45, 7) is 1.59. The zero-order valence-corrected chi connectivity index (χ0v) is 13.6. The van der Waals surface area contributed by atoms with Crippen molar-refractivity contribution < 1.29 is 18.5 Å². The van der Waals surface area contributed by atoms with Crippen LogP contribution in [-0.4, -0.2) is 52.7 Å². The summed E-state index contributed by atoms with van der Waals surface area (Å²) in [5, 5.41) is 0. The highest BCUT2D eigenvalue weighted by Gasteiger charge is 2.46. The van der Waals surface area contributed by atoms with Gasteiger partial charge in [-0.2, -0.15) is 0 Å². The second kappa shape index (κ2) is 7.38. The van der Waals surface area contributed by atoms with Crippen LogP contribution in [0.15, 0.2) is 0 Å². The van der Waals surface area contributed by atoms with Gasteiger partial charge < -0.3 is 9.64 Å². The van der Waals surface area contributed by atoms with E-state index in [1.165, 1.54) is 20.0 Å². The first-order valence-electron chi connectivity index (χ1n) is 7.74. The third-order valence-corrected chi connectivity index (χ3v) is 5.92. The largest absolute Gasteiger partial charge is 0.469 e. The topological polar surface area (TPSA) is 63.7 Å². The van der Waals surface area contributed by atoms with E-state index in [0.29, 0.717) is 12.2 Å². The highest BCUT2D eigenvalue weighted by molar-refractivity contribution is 7.85. The van der Waals surface area contributed by atoms with Gasteiger partial charge in [-0.05, 0) is 31.1 Å². The molecule has 0 N–H and O–H groups in total. The Labute approximate surface area is 128 Å². The zero-order chi connectivity index (χ0) is 15.3. The lowest BCUT2D eigenvalue weighted by molar-refractivity contribution is -0.141. The quantitative estimate of drug-likeness (QED) is 0.697. The van der Waals surface area contributed by atoms with Crippen LogP contribution in [0, 0.1) is 5.41 Å². The maximum absolute atomic E-state index is 12.2. The molecular formula is C15H25NO4S. The van der Waals surface area contributed by atoms with Gasteiger partial charge in [0.15, 0.2) is 0 Å². The Kier molecular flexibility index (Phi) is 5.79. The van der Waals surface area contributed by atoms with Crippen molar-refractivity contribution in [3.05, 3.63) is 0 Å². The zero-order valence-electron chi connectivity index (χ0n) is 12.8. The van der Waals surface area contributed by atoms with Gasteiger partial charge >= 0.3 is 5.97 Å². The lowest BCUT2D eigenvalue weighted by Crippen LogP contribution is -2.36. The first kappa shape index (κ1) is 16.5. The first-order valence-corrected chi connectivity index (χ1v) is 9.23. The van der Waals surface area contributed by atoms with E-state index in [1.54, 1.807) is 0 Å². The van der Waals surface area contributed by atoms with Gasteiger partial charge in [0.25, 0.3) is 0 Å². The molecule has 6 heteroatoms. The molecule has 0 spiro atoms. The minimum Gasteiger partial charge on any atom is -0.469 e. The van der Waals surface area contributed by atoms with Crippen molar-refractivity contribution in [2.45, 2.75) is 44.9 Å². The number of esters is 1. The van der Waals surface area contributed by atoms with Crippen molar-refractivity contribution in [1.29, 1.82) is 0 Å². The summed E-state index contributed by atoms with van der Waals surface area (Å²) < 4.78 is 16.9. The lowest BCUT2D eigenvalue weighted by atomic mass is 10.1. The van der Waals surface area contributed by atoms with Crippen LogP contribution < -0.4 is 0 Å². The van der Waals surface area contributed by atoms with Gasteiger partial charge in [0.1, 0.15) is 5.75 Å². The van der Waals surface area contributed by atoms with Crippen LogP contribution in [0.5, 0.6) is 0 Å². The van der Waals surface area contributed by atoms with Crippen LogP contribution in [0.3, 0.4) is 0 Å². The molecule has 0 radical (unpaired) electrons. The molecule has 1 unspecified atom stereocenters. The maximum Gasteiger partial charge on any atom is 0.306 e. The van der Waals surface area contributed by atoms with Gasteiger partial charge in [0.05, 0.1) is 13.5 Å². The molecule has 2 fully saturated rings. The van der Waals surface area contributed by atoms with E-state index in [2.05, 4.69) is 4.74 Å². The predicted molar refractivity (Wildman–Crippen MR) is 81.2 cm³/mol. The smallest absolute Gasteiger partial charge is 0.306 e. The summed E-state index contributed by atoms with van der Waals surface area (Å²) in [7, 11) is 0.191. The third kappa shape index (κ3) is 5.09. The van der Waals surface area contributed by atoms with E-state index in [-0.39, 0.29) is 23.0 Å². The van der Waals surface area contributed by atoms with E-state index < -0.39 is 10.8 Å². The number of carbonyl (C=O) groups is 2. The Bertz CT molecular complexity index is 412. The molecule has 0 aromatic heterocycles. The van der Waals surface area contributed by atoms with Gasteiger partial charge in [0, 0.05) is 29.6 Å². The van der Waals surface area contributed by atoms with Gasteiger partial charge in [-0.15, -0.1) is 0 Å². The Morgan fingerprint density at radius 1 is 1.14 bits per heavy atom. The monoisotopic (exact) mass is 315 g/mol. The minimum absolute atomic E-state index is 0.00380. The summed E-state index contributed by atoms with van der Waals surface area (Å²) in [4.78, 5) is 25.4. The number of hydrogen-bond acceptors (Lipinski definition) is 4. The van der Waals surface area contributed by atoms with Crippen molar-refractivity contribution >= 4 is 22.7 Å². The molecule has 1 heterocycles. The average molecular weight is 315 g/mol. The molecule has 0 bridgehead atoms. The molecule has 0 aromatic carbocycles. The van der Waals surface area contributed by atoms with Crippen LogP contribution in [0.4, 0.5) is 0 Å². The fourth-order valence-electron chi connectivity index (χ4n) is 2.87. The number of hydrogen-bond donors (Lipinski definition) is 0. The first-order chi connectivity index (χ1) is 10.0. The Morgan fingerprint density at radius 3 is 2.29 bits per heavy atom. The number of carbonyl (C=O) groups excluding carboxylic acids is 2. The van der Waals surface area contributed by atoms with Crippen molar-refractivity contribution in [1.82, 2.24) is 4.90 Å². The molecule has 1 aliphatic carbocycles. The van der Waals surface area contributed by atoms with Crippen molar-refractivity contribution in [2.75, 3.05) is 31.7 Å². The molecule has 0 aromatic rings. The van der Waals surface area contributed by atoms with E-state index >= 15 is 0 Å². The van der Waals surface area contributed by atoms with Gasteiger partial charge in [-0.25, -0.2) is 0 Å². The number of nitrogens with zero attached hydrogens (tertiary/aromatic N) is 1. The maximum atomic E-state index is 12.2. The summed E-state index contributed by atoms with van der Waals surface area (Å²) >= 11 is 0. The molecule has 1 atom stereocenters. The normalized spacial score (nSPS) is 22.2. The molecule has 1 saturated heterocycles. The summed E-state index contributed by atoms with van der Waals surface area (Å²) in [6, 6.07) is 0. The summed E-state index contributed by atoms with van der Waals surface area (Å²) in [5.41, 5.74) is -0.170. The van der Waals surface area contributed by atoms with Crippen LogP contribution in [0.2, 0.25) is 0 Å². The van der Waals surface area contributed by atoms with Gasteiger partial charge in [-0.1, -0.05) is 12.8 Å². The number of methoxy groups -OCH3 is 1. The highest BCUT2D eigenvalue weighted by atomic mass is 32.2. The molecular weight excluding hydrogens is 290 g/mol. The molecule has 2 aliphatic rings. The molecule has 21 heavy (non-hydrogen) atoms. The second-order valence-corrected chi connectivity index (χ2v) is 7.73. The highest BCUT2D eigenvalue weighted by Crippen LogP contribution is 2.49. The van der Waals surface area contributed by atoms with Gasteiger partial charge in [-0.3, -0.25) is 13.8 Å². The van der Waals surface area contributed by atoms with Crippen LogP contribution in [0.25, 0.3) is 0 Å². The molecule has 1 aliphatic heterocycles. The lowest BCUT2D eigenvalue weighted by Gasteiger charge is -2.20. The number of amides is 1. The van der Waals surface area contributed by atoms with E-state index in [4.69, 9.17) is 0 Å². The SMILES string of the molecule is COC(=O)CC1(CS(=O)CC(=O)N2CCCCCC2)CC1. The standard InChI is InChI=1S/C15H25NO4S/c1-20-14(18)10-15(6-7-15)12-21(19)11-13(17)16-8-4-2-3-5-9-16/h2-12H2,1H3. The predicted octanol–water partition coefficient (Wildman–Crippen LogP) is 1.48. The molecule has 2 rings (SSSR count). The van der Waals surface area contributed by atoms with E-state index in [9.17, 15) is 13.8 Å². The second-order valence-electron chi connectivity index (χ2n) is 6.28. The minimum atomic E-state index is -1.18. The van der Waals surface area contributed by atoms with Crippen molar-refractivity contribution in [3.63, 3.8) is 0 Å². The molecule has 1 amide bonds. The number of likely N-dealkylation sites (tertiary alicyclic amines) is 1. The van der Waals surface area contributed by atoms with Crippen molar-refractivity contribution in [3.8, 4) is 0 Å². The molecule has 1 saturated carbocycles. The average Bonchev–Trinajstić information content (AvgIpc) is 3.22. The Balaban J connectivity index is 1.78.